The van der Waals surface area contributed by atoms with Gasteiger partial charge in [0.2, 0.25) is 0 Å². The predicted octanol–water partition coefficient (Wildman–Crippen LogP) is 0.701. The van der Waals surface area contributed by atoms with Gasteiger partial charge in [-0.3, -0.25) is 4.99 Å². The van der Waals surface area contributed by atoms with Crippen molar-refractivity contribution in [1.29, 1.82) is 0 Å². The van der Waals surface area contributed by atoms with Gasteiger partial charge in [0, 0.05) is 39.1 Å². The first kappa shape index (κ1) is 13.3. The summed E-state index contributed by atoms with van der Waals surface area (Å²) in [6.45, 7) is 5.76. The molecule has 0 bridgehead atoms. The number of likely N-dealkylation sites (N-methyl/N-ethyl adjacent to an activating group) is 1. The monoisotopic (exact) mass is 335 g/mol. The van der Waals surface area contributed by atoms with Crippen molar-refractivity contribution in [3.05, 3.63) is 18.2 Å². The molecule has 1 aromatic rings. The van der Waals surface area contributed by atoms with Crippen LogP contribution in [0.4, 0.5) is 0 Å². The maximum absolute atomic E-state index is 4.36. The molecule has 0 spiro atoms. The van der Waals surface area contributed by atoms with Gasteiger partial charge in [-0.05, 0) is 6.92 Å². The Morgan fingerprint density at radius 1 is 1.50 bits per heavy atom. The van der Waals surface area contributed by atoms with Crippen molar-refractivity contribution in [2.24, 2.45) is 4.99 Å². The van der Waals surface area contributed by atoms with Gasteiger partial charge in [0.05, 0.1) is 6.54 Å². The fourth-order valence-corrected chi connectivity index (χ4v) is 1.65. The zero-order valence-electron chi connectivity index (χ0n) is 9.68. The van der Waals surface area contributed by atoms with E-state index in [-0.39, 0.29) is 24.0 Å². The lowest BCUT2D eigenvalue weighted by Gasteiger charge is -2.15. The van der Waals surface area contributed by atoms with Crippen molar-refractivity contribution in [2.45, 2.75) is 13.5 Å². The molecule has 1 aliphatic rings. The van der Waals surface area contributed by atoms with Crippen molar-refractivity contribution in [2.75, 3.05) is 26.7 Å². The van der Waals surface area contributed by atoms with Gasteiger partial charge in [0.25, 0.3) is 0 Å². The number of aryl methyl sites for hydroxylation is 1. The fraction of sp³-hybridized carbons (Fsp3) is 0.600. The maximum atomic E-state index is 4.36. The number of nitrogens with zero attached hydrogens (tertiary/aromatic N) is 4. The second-order valence-corrected chi connectivity index (χ2v) is 3.72. The maximum Gasteiger partial charge on any atom is 0.193 e. The first-order valence-electron chi connectivity index (χ1n) is 5.24. The smallest absolute Gasteiger partial charge is 0.193 e. The fourth-order valence-electron chi connectivity index (χ4n) is 1.65. The van der Waals surface area contributed by atoms with Crippen LogP contribution < -0.4 is 5.32 Å². The molecule has 0 radical (unpaired) electrons. The van der Waals surface area contributed by atoms with Gasteiger partial charge in [0.1, 0.15) is 5.82 Å². The molecule has 6 heteroatoms. The van der Waals surface area contributed by atoms with Crippen LogP contribution in [0.25, 0.3) is 0 Å². The predicted molar refractivity (Wildman–Crippen MR) is 75.3 cm³/mol. The number of hydrogen-bond donors (Lipinski definition) is 1. The number of guanidine groups is 1. The average Bonchev–Trinajstić information content (AvgIpc) is 2.78. The van der Waals surface area contributed by atoms with Crippen LogP contribution in [-0.4, -0.2) is 47.1 Å². The summed E-state index contributed by atoms with van der Waals surface area (Å²) in [5.41, 5.74) is 0. The second-order valence-electron chi connectivity index (χ2n) is 3.72. The van der Waals surface area contributed by atoms with E-state index < -0.39 is 0 Å². The van der Waals surface area contributed by atoms with E-state index in [4.69, 9.17) is 0 Å². The van der Waals surface area contributed by atoms with Crippen molar-refractivity contribution in [1.82, 2.24) is 19.8 Å². The third-order valence-corrected chi connectivity index (χ3v) is 2.62. The van der Waals surface area contributed by atoms with E-state index in [1.807, 2.05) is 19.3 Å². The highest BCUT2D eigenvalue weighted by Gasteiger charge is 2.10. The Labute approximate surface area is 113 Å². The minimum atomic E-state index is 0. The molecule has 0 aliphatic carbocycles. The summed E-state index contributed by atoms with van der Waals surface area (Å²) in [5, 5.41) is 3.32. The van der Waals surface area contributed by atoms with E-state index in [1.54, 1.807) is 0 Å². The van der Waals surface area contributed by atoms with E-state index in [9.17, 15) is 0 Å². The van der Waals surface area contributed by atoms with Crippen LogP contribution in [0.5, 0.6) is 0 Å². The van der Waals surface area contributed by atoms with Gasteiger partial charge in [-0.25, -0.2) is 4.98 Å². The first-order chi connectivity index (χ1) is 7.27. The van der Waals surface area contributed by atoms with E-state index in [2.05, 4.69) is 31.8 Å². The van der Waals surface area contributed by atoms with Crippen LogP contribution in [0, 0.1) is 6.92 Å². The zero-order chi connectivity index (χ0) is 10.7. The molecule has 0 saturated heterocycles. The summed E-state index contributed by atoms with van der Waals surface area (Å²) >= 11 is 0. The number of aromatic nitrogens is 2. The van der Waals surface area contributed by atoms with Crippen molar-refractivity contribution < 1.29 is 0 Å². The first-order valence-corrected chi connectivity index (χ1v) is 5.24. The molecule has 0 amide bonds. The number of aliphatic imine (C=N–C) groups is 1. The highest BCUT2D eigenvalue weighted by Crippen LogP contribution is 1.96. The van der Waals surface area contributed by atoms with Gasteiger partial charge in [-0.15, -0.1) is 24.0 Å². The van der Waals surface area contributed by atoms with Gasteiger partial charge in [-0.1, -0.05) is 0 Å². The van der Waals surface area contributed by atoms with Gasteiger partial charge >= 0.3 is 0 Å². The Bertz CT molecular complexity index is 360. The summed E-state index contributed by atoms with van der Waals surface area (Å²) in [5.74, 6) is 2.06. The molecule has 0 unspecified atom stereocenters. The van der Waals surface area contributed by atoms with Crippen LogP contribution in [0.1, 0.15) is 5.82 Å². The molecule has 0 aromatic carbocycles. The number of hydrogen-bond acceptors (Lipinski definition) is 4. The van der Waals surface area contributed by atoms with E-state index in [0.29, 0.717) is 0 Å². The molecule has 0 fully saturated rings. The molecule has 2 rings (SSSR count). The SMILES string of the molecule is Cc1nccn1CCNC1=NCCN1C.I. The minimum Gasteiger partial charge on any atom is -0.354 e. The third-order valence-electron chi connectivity index (χ3n) is 2.62. The number of halogens is 1. The van der Waals surface area contributed by atoms with E-state index >= 15 is 0 Å². The lowest BCUT2D eigenvalue weighted by atomic mass is 10.5. The largest absolute Gasteiger partial charge is 0.354 e. The van der Waals surface area contributed by atoms with Crippen molar-refractivity contribution >= 4 is 29.9 Å². The standard InChI is InChI=1S/C10H17N5.HI/c1-9-11-4-7-15(9)8-5-13-10-12-3-6-14(10)2;/h4,7H,3,5-6,8H2,1-2H3,(H,12,13);1H. The lowest BCUT2D eigenvalue weighted by Crippen LogP contribution is -2.37. The van der Waals surface area contributed by atoms with E-state index in [0.717, 1.165) is 38.0 Å². The average molecular weight is 335 g/mol. The molecule has 0 atom stereocenters. The molecule has 5 nitrogen and oxygen atoms in total. The van der Waals surface area contributed by atoms with Crippen LogP contribution in [0.2, 0.25) is 0 Å². The summed E-state index contributed by atoms with van der Waals surface area (Å²) in [6, 6.07) is 0. The van der Waals surface area contributed by atoms with Gasteiger partial charge in [-0.2, -0.15) is 0 Å². The van der Waals surface area contributed by atoms with Crippen LogP contribution >= 0.6 is 24.0 Å². The molecular formula is C10H18IN5. The zero-order valence-corrected chi connectivity index (χ0v) is 12.0. The Morgan fingerprint density at radius 2 is 2.31 bits per heavy atom. The Morgan fingerprint density at radius 3 is 2.88 bits per heavy atom. The van der Waals surface area contributed by atoms with Crippen LogP contribution in [0.15, 0.2) is 17.4 Å². The minimum absolute atomic E-state index is 0. The van der Waals surface area contributed by atoms with Crippen molar-refractivity contribution in [3.8, 4) is 0 Å². The summed E-state index contributed by atoms with van der Waals surface area (Å²) in [7, 11) is 2.06. The lowest BCUT2D eigenvalue weighted by molar-refractivity contribution is 0.527. The Kier molecular flexibility index (Phi) is 5.04. The molecule has 1 aromatic heterocycles. The normalized spacial score (nSPS) is 14.6. The Hall–Kier alpha value is -0.790. The third kappa shape index (κ3) is 3.10. The number of imidazole rings is 1. The molecular weight excluding hydrogens is 317 g/mol. The molecule has 0 saturated carbocycles. The van der Waals surface area contributed by atoms with Crippen LogP contribution in [-0.2, 0) is 6.54 Å². The molecule has 1 aliphatic heterocycles. The molecule has 90 valence electrons. The highest BCUT2D eigenvalue weighted by atomic mass is 127. The second kappa shape index (κ2) is 6.07. The van der Waals surface area contributed by atoms with Gasteiger partial charge in [0.15, 0.2) is 5.96 Å². The summed E-state index contributed by atoms with van der Waals surface area (Å²) < 4.78 is 2.13. The number of nitrogens with one attached hydrogen (secondary N) is 1. The topological polar surface area (TPSA) is 45.5 Å². The Balaban J connectivity index is 0.00000128. The number of rotatable bonds is 3. The van der Waals surface area contributed by atoms with Gasteiger partial charge < -0.3 is 14.8 Å². The highest BCUT2D eigenvalue weighted by molar-refractivity contribution is 14.0. The summed E-state index contributed by atoms with van der Waals surface area (Å²) in [6.07, 6.45) is 3.83. The quantitative estimate of drug-likeness (QED) is 0.828. The van der Waals surface area contributed by atoms with Crippen molar-refractivity contribution in [3.63, 3.8) is 0 Å². The molecule has 1 N–H and O–H groups in total. The summed E-state index contributed by atoms with van der Waals surface area (Å²) in [4.78, 5) is 10.7. The van der Waals surface area contributed by atoms with E-state index in [1.165, 1.54) is 0 Å². The molecule has 16 heavy (non-hydrogen) atoms. The van der Waals surface area contributed by atoms with Crippen LogP contribution in [0.3, 0.4) is 0 Å². The molecule has 2 heterocycles.